The van der Waals surface area contributed by atoms with Crippen LogP contribution in [-0.2, 0) is 13.1 Å². The molecule has 1 heterocycles. The second kappa shape index (κ2) is 5.01. The molecule has 102 valence electrons. The summed E-state index contributed by atoms with van der Waals surface area (Å²) in [5.74, 6) is -0.626. The molecule has 1 N–H and O–H groups in total. The Balaban J connectivity index is 3.38. The lowest BCUT2D eigenvalue weighted by atomic mass is 10.2. The van der Waals surface area contributed by atoms with Gasteiger partial charge < -0.3 is 14.6 Å². The van der Waals surface area contributed by atoms with Gasteiger partial charge >= 0.3 is 6.18 Å². The Morgan fingerprint density at radius 1 is 1.39 bits per heavy atom. The predicted octanol–water partition coefficient (Wildman–Crippen LogP) is 1.49. The van der Waals surface area contributed by atoms with E-state index in [0.29, 0.717) is 0 Å². The molecule has 0 aliphatic carbocycles. The van der Waals surface area contributed by atoms with Crippen LogP contribution in [0.4, 0.5) is 13.2 Å². The molecule has 0 spiro atoms. The van der Waals surface area contributed by atoms with Gasteiger partial charge in [-0.15, -0.1) is 0 Å². The molecule has 0 aromatic carbocycles. The SMILES string of the molecule is Cc1cc(=O)c(O)c(CN(C)C)n1CC(F)(F)F. The van der Waals surface area contributed by atoms with Gasteiger partial charge in [0.25, 0.3) is 0 Å². The first-order chi connectivity index (χ1) is 8.11. The monoisotopic (exact) mass is 264 g/mol. The Bertz CT molecular complexity index is 492. The van der Waals surface area contributed by atoms with Crippen LogP contribution >= 0.6 is 0 Å². The summed E-state index contributed by atoms with van der Waals surface area (Å²) in [6.45, 7) is 0.237. The Morgan fingerprint density at radius 3 is 2.39 bits per heavy atom. The van der Waals surface area contributed by atoms with E-state index >= 15 is 0 Å². The molecule has 0 aliphatic heterocycles. The van der Waals surface area contributed by atoms with Gasteiger partial charge in [0.05, 0.1) is 5.69 Å². The lowest BCUT2D eigenvalue weighted by Gasteiger charge is -2.21. The first-order valence-electron chi connectivity index (χ1n) is 5.25. The number of hydrogen-bond acceptors (Lipinski definition) is 3. The zero-order chi connectivity index (χ0) is 14.1. The zero-order valence-corrected chi connectivity index (χ0v) is 10.4. The van der Waals surface area contributed by atoms with Crippen molar-refractivity contribution in [3.63, 3.8) is 0 Å². The minimum Gasteiger partial charge on any atom is -0.503 e. The largest absolute Gasteiger partial charge is 0.503 e. The highest BCUT2D eigenvalue weighted by molar-refractivity contribution is 5.29. The van der Waals surface area contributed by atoms with Crippen LogP contribution in [0, 0.1) is 6.92 Å². The average molecular weight is 264 g/mol. The lowest BCUT2D eigenvalue weighted by Crippen LogP contribution is -2.27. The number of hydrogen-bond donors (Lipinski definition) is 1. The number of rotatable bonds is 3. The Morgan fingerprint density at radius 2 is 1.94 bits per heavy atom. The summed E-state index contributed by atoms with van der Waals surface area (Å²) in [5.41, 5.74) is -0.517. The fourth-order valence-corrected chi connectivity index (χ4v) is 1.68. The lowest BCUT2D eigenvalue weighted by molar-refractivity contribution is -0.141. The van der Waals surface area contributed by atoms with Crippen molar-refractivity contribution in [1.29, 1.82) is 0 Å². The summed E-state index contributed by atoms with van der Waals surface area (Å²) >= 11 is 0. The normalized spacial score (nSPS) is 12.2. The number of halogens is 3. The first kappa shape index (κ1) is 14.6. The number of alkyl halides is 3. The van der Waals surface area contributed by atoms with Gasteiger partial charge in [0, 0.05) is 18.3 Å². The van der Waals surface area contributed by atoms with E-state index in [9.17, 15) is 23.1 Å². The van der Waals surface area contributed by atoms with E-state index in [-0.39, 0.29) is 17.9 Å². The van der Waals surface area contributed by atoms with Crippen molar-refractivity contribution < 1.29 is 18.3 Å². The van der Waals surface area contributed by atoms with Crippen molar-refractivity contribution in [3.05, 3.63) is 27.7 Å². The molecule has 0 amide bonds. The summed E-state index contributed by atoms with van der Waals surface area (Å²) in [6, 6.07) is 1.00. The van der Waals surface area contributed by atoms with E-state index < -0.39 is 23.9 Å². The third-order valence-corrected chi connectivity index (χ3v) is 2.40. The van der Waals surface area contributed by atoms with Crippen LogP contribution in [0.2, 0.25) is 0 Å². The third-order valence-electron chi connectivity index (χ3n) is 2.40. The van der Waals surface area contributed by atoms with Gasteiger partial charge in [-0.1, -0.05) is 0 Å². The molecule has 0 saturated heterocycles. The van der Waals surface area contributed by atoms with Gasteiger partial charge in [0.15, 0.2) is 5.75 Å². The first-order valence-corrected chi connectivity index (χ1v) is 5.25. The van der Waals surface area contributed by atoms with Crippen LogP contribution in [0.5, 0.6) is 5.75 Å². The van der Waals surface area contributed by atoms with Crippen LogP contribution in [0.1, 0.15) is 11.4 Å². The second-order valence-electron chi connectivity index (χ2n) is 4.38. The maximum atomic E-state index is 12.5. The Kier molecular flexibility index (Phi) is 4.05. The topological polar surface area (TPSA) is 45.5 Å². The highest BCUT2D eigenvalue weighted by Gasteiger charge is 2.30. The smallest absolute Gasteiger partial charge is 0.406 e. The van der Waals surface area contributed by atoms with Crippen LogP contribution in [0.25, 0.3) is 0 Å². The van der Waals surface area contributed by atoms with E-state index in [1.807, 2.05) is 0 Å². The third kappa shape index (κ3) is 3.49. The standard InChI is InChI=1S/C11H15F3N2O2/c1-7-4-9(17)10(18)8(5-15(2)3)16(7)6-11(12,13)14/h4,18H,5-6H2,1-3H3. The van der Waals surface area contributed by atoms with Crippen LogP contribution < -0.4 is 5.43 Å². The molecular weight excluding hydrogens is 249 g/mol. The maximum absolute atomic E-state index is 12.5. The fourth-order valence-electron chi connectivity index (χ4n) is 1.68. The van der Waals surface area contributed by atoms with Crippen molar-refractivity contribution in [3.8, 4) is 5.75 Å². The van der Waals surface area contributed by atoms with Crippen molar-refractivity contribution in [2.24, 2.45) is 0 Å². The number of aromatic hydroxyl groups is 1. The molecule has 4 nitrogen and oxygen atoms in total. The molecule has 0 radical (unpaired) electrons. The summed E-state index contributed by atoms with van der Waals surface area (Å²) < 4.78 is 38.3. The Labute approximate surface area is 102 Å². The van der Waals surface area contributed by atoms with E-state index in [1.165, 1.54) is 6.92 Å². The van der Waals surface area contributed by atoms with E-state index in [4.69, 9.17) is 0 Å². The van der Waals surface area contributed by atoms with Gasteiger partial charge in [-0.2, -0.15) is 13.2 Å². The number of pyridine rings is 1. The molecular formula is C11H15F3N2O2. The molecule has 0 atom stereocenters. The summed E-state index contributed by atoms with van der Waals surface area (Å²) in [6.07, 6.45) is -4.41. The molecule has 1 rings (SSSR count). The second-order valence-corrected chi connectivity index (χ2v) is 4.38. The predicted molar refractivity (Wildman–Crippen MR) is 60.5 cm³/mol. The van der Waals surface area contributed by atoms with Crippen molar-refractivity contribution in [1.82, 2.24) is 9.47 Å². The average Bonchev–Trinajstić information content (AvgIpc) is 2.18. The van der Waals surface area contributed by atoms with Crippen LogP contribution in [0.3, 0.4) is 0 Å². The van der Waals surface area contributed by atoms with Gasteiger partial charge in [-0.3, -0.25) is 4.79 Å². The van der Waals surface area contributed by atoms with Crippen molar-refractivity contribution >= 4 is 0 Å². The molecule has 0 saturated carbocycles. The highest BCUT2D eigenvalue weighted by atomic mass is 19.4. The van der Waals surface area contributed by atoms with Gasteiger partial charge in [-0.25, -0.2) is 0 Å². The number of aryl methyl sites for hydroxylation is 1. The van der Waals surface area contributed by atoms with Gasteiger partial charge in [-0.05, 0) is 21.0 Å². The minimum atomic E-state index is -4.41. The van der Waals surface area contributed by atoms with Crippen molar-refractivity contribution in [2.75, 3.05) is 14.1 Å². The molecule has 0 bridgehead atoms. The molecule has 1 aromatic heterocycles. The van der Waals surface area contributed by atoms with E-state index in [2.05, 4.69) is 0 Å². The van der Waals surface area contributed by atoms with Crippen molar-refractivity contribution in [2.45, 2.75) is 26.2 Å². The highest BCUT2D eigenvalue weighted by Crippen LogP contribution is 2.23. The Hall–Kier alpha value is -1.50. The number of nitrogens with zero attached hydrogens (tertiary/aromatic N) is 2. The summed E-state index contributed by atoms with van der Waals surface area (Å²) in [4.78, 5) is 13.0. The van der Waals surface area contributed by atoms with Crippen LogP contribution in [0.15, 0.2) is 10.9 Å². The fraction of sp³-hybridized carbons (Fsp3) is 0.545. The van der Waals surface area contributed by atoms with E-state index in [1.54, 1.807) is 19.0 Å². The molecule has 18 heavy (non-hydrogen) atoms. The molecule has 0 fully saturated rings. The quantitative estimate of drug-likeness (QED) is 0.899. The molecule has 7 heteroatoms. The van der Waals surface area contributed by atoms with Gasteiger partial charge in [0.1, 0.15) is 6.54 Å². The maximum Gasteiger partial charge on any atom is 0.406 e. The molecule has 0 aliphatic rings. The molecule has 0 unspecified atom stereocenters. The summed E-state index contributed by atoms with van der Waals surface area (Å²) in [7, 11) is 3.29. The van der Waals surface area contributed by atoms with Crippen LogP contribution in [-0.4, -0.2) is 34.8 Å². The van der Waals surface area contributed by atoms with E-state index in [0.717, 1.165) is 10.6 Å². The summed E-state index contributed by atoms with van der Waals surface area (Å²) in [5, 5.41) is 9.62. The van der Waals surface area contributed by atoms with Gasteiger partial charge in [0.2, 0.25) is 5.43 Å². The molecule has 1 aromatic rings. The zero-order valence-electron chi connectivity index (χ0n) is 10.4. The minimum absolute atomic E-state index is 0.0256. The number of aromatic nitrogens is 1.